The molecule has 1 atom stereocenters. The Kier molecular flexibility index (Phi) is 3.64. The van der Waals surface area contributed by atoms with Gasteiger partial charge in [0.1, 0.15) is 0 Å². The largest absolute Gasteiger partial charge is 0.416 e. The molecule has 1 saturated heterocycles. The third kappa shape index (κ3) is 2.93. The predicted molar refractivity (Wildman–Crippen MR) is 61.0 cm³/mol. The summed E-state index contributed by atoms with van der Waals surface area (Å²) in [5.41, 5.74) is -0.0783. The molecule has 0 aromatic heterocycles. The lowest BCUT2D eigenvalue weighted by Crippen LogP contribution is -2.27. The van der Waals surface area contributed by atoms with Crippen molar-refractivity contribution in [3.05, 3.63) is 34.3 Å². The van der Waals surface area contributed by atoms with Gasteiger partial charge in [-0.05, 0) is 43.1 Å². The van der Waals surface area contributed by atoms with Crippen molar-refractivity contribution in [3.63, 3.8) is 0 Å². The third-order valence-electron chi connectivity index (χ3n) is 3.01. The van der Waals surface area contributed by atoms with E-state index in [0.717, 1.165) is 37.9 Å². The first-order chi connectivity index (χ1) is 7.98. The average molecular weight is 264 g/mol. The van der Waals surface area contributed by atoms with Crippen LogP contribution in [0.1, 0.15) is 36.4 Å². The van der Waals surface area contributed by atoms with E-state index in [1.54, 1.807) is 0 Å². The van der Waals surface area contributed by atoms with E-state index in [1.807, 2.05) is 0 Å². The molecule has 1 aliphatic heterocycles. The van der Waals surface area contributed by atoms with E-state index in [0.29, 0.717) is 10.6 Å². The van der Waals surface area contributed by atoms with E-state index in [-0.39, 0.29) is 6.04 Å². The topological polar surface area (TPSA) is 12.0 Å². The fourth-order valence-corrected chi connectivity index (χ4v) is 2.35. The maximum Gasteiger partial charge on any atom is 0.416 e. The molecule has 1 aromatic carbocycles. The minimum Gasteiger partial charge on any atom is -0.310 e. The molecule has 94 valence electrons. The molecule has 1 aliphatic rings. The highest BCUT2D eigenvalue weighted by atomic mass is 35.5. The highest BCUT2D eigenvalue weighted by molar-refractivity contribution is 6.31. The number of halogens is 4. The second kappa shape index (κ2) is 4.86. The normalized spacial score (nSPS) is 21.5. The summed E-state index contributed by atoms with van der Waals surface area (Å²) in [7, 11) is 0. The van der Waals surface area contributed by atoms with Crippen molar-refractivity contribution in [2.24, 2.45) is 0 Å². The molecule has 1 N–H and O–H groups in total. The minimum absolute atomic E-state index is 0.0569. The highest BCUT2D eigenvalue weighted by Crippen LogP contribution is 2.35. The number of benzene rings is 1. The van der Waals surface area contributed by atoms with Gasteiger partial charge in [0.15, 0.2) is 0 Å². The Morgan fingerprint density at radius 3 is 2.59 bits per heavy atom. The van der Waals surface area contributed by atoms with Gasteiger partial charge in [0, 0.05) is 11.1 Å². The molecule has 0 radical (unpaired) electrons. The number of rotatable bonds is 1. The van der Waals surface area contributed by atoms with Gasteiger partial charge in [-0.25, -0.2) is 0 Å². The van der Waals surface area contributed by atoms with Crippen LogP contribution in [0.5, 0.6) is 0 Å². The van der Waals surface area contributed by atoms with Gasteiger partial charge in [-0.2, -0.15) is 13.2 Å². The van der Waals surface area contributed by atoms with Crippen LogP contribution < -0.4 is 5.32 Å². The summed E-state index contributed by atoms with van der Waals surface area (Å²) < 4.78 is 37.8. The maximum absolute atomic E-state index is 12.6. The van der Waals surface area contributed by atoms with E-state index < -0.39 is 11.7 Å². The number of hydrogen-bond acceptors (Lipinski definition) is 1. The molecule has 5 heteroatoms. The fraction of sp³-hybridized carbons (Fsp3) is 0.500. The van der Waals surface area contributed by atoms with Crippen molar-refractivity contribution in [2.75, 3.05) is 6.54 Å². The monoisotopic (exact) mass is 263 g/mol. The number of alkyl halides is 3. The highest BCUT2D eigenvalue weighted by Gasteiger charge is 2.31. The molecule has 0 amide bonds. The standard InChI is InChI=1S/C12H13ClF3N/c13-10-5-4-8(12(14,15)16)7-9(10)11-3-1-2-6-17-11/h4-5,7,11,17H,1-3,6H2/t11-/m0/s1. The van der Waals surface area contributed by atoms with Gasteiger partial charge in [0.05, 0.1) is 5.56 Å². The Morgan fingerprint density at radius 1 is 1.24 bits per heavy atom. The van der Waals surface area contributed by atoms with E-state index in [4.69, 9.17) is 11.6 Å². The first-order valence-electron chi connectivity index (χ1n) is 5.58. The van der Waals surface area contributed by atoms with Crippen LogP contribution in [0, 0.1) is 0 Å². The molecule has 17 heavy (non-hydrogen) atoms. The van der Waals surface area contributed by atoms with Gasteiger partial charge in [-0.15, -0.1) is 0 Å². The zero-order chi connectivity index (χ0) is 12.5. The molecule has 1 fully saturated rings. The molecule has 1 nitrogen and oxygen atoms in total. The van der Waals surface area contributed by atoms with Crippen molar-refractivity contribution >= 4 is 11.6 Å². The molecule has 0 spiro atoms. The summed E-state index contributed by atoms with van der Waals surface area (Å²) >= 11 is 5.97. The molecule has 0 saturated carbocycles. The van der Waals surface area contributed by atoms with E-state index in [9.17, 15) is 13.2 Å². The smallest absolute Gasteiger partial charge is 0.310 e. The number of hydrogen-bond donors (Lipinski definition) is 1. The summed E-state index contributed by atoms with van der Waals surface area (Å²) in [6.07, 6.45) is -1.40. The third-order valence-corrected chi connectivity index (χ3v) is 3.35. The second-order valence-electron chi connectivity index (χ2n) is 4.24. The summed E-state index contributed by atoms with van der Waals surface area (Å²) in [5.74, 6) is 0. The van der Waals surface area contributed by atoms with E-state index in [2.05, 4.69) is 5.32 Å². The van der Waals surface area contributed by atoms with Crippen molar-refractivity contribution in [1.82, 2.24) is 5.32 Å². The molecule has 0 bridgehead atoms. The van der Waals surface area contributed by atoms with Crippen LogP contribution in [-0.4, -0.2) is 6.54 Å². The van der Waals surface area contributed by atoms with Crippen LogP contribution in [-0.2, 0) is 6.18 Å². The molecule has 1 aromatic rings. The van der Waals surface area contributed by atoms with Gasteiger partial charge in [-0.1, -0.05) is 18.0 Å². The van der Waals surface area contributed by atoms with Gasteiger partial charge in [-0.3, -0.25) is 0 Å². The SMILES string of the molecule is FC(F)(F)c1ccc(Cl)c([C@@H]2CCCCN2)c1. The van der Waals surface area contributed by atoms with E-state index in [1.165, 1.54) is 6.07 Å². The molecule has 0 unspecified atom stereocenters. The molecule has 2 rings (SSSR count). The average Bonchev–Trinajstić information content (AvgIpc) is 2.29. The Balaban J connectivity index is 2.31. The summed E-state index contributed by atoms with van der Waals surface area (Å²) in [4.78, 5) is 0. The molecule has 0 aliphatic carbocycles. The van der Waals surface area contributed by atoms with Crippen molar-refractivity contribution in [1.29, 1.82) is 0 Å². The fourth-order valence-electron chi connectivity index (χ4n) is 2.10. The molecule has 1 heterocycles. The van der Waals surface area contributed by atoms with Crippen LogP contribution in [0.15, 0.2) is 18.2 Å². The van der Waals surface area contributed by atoms with Crippen molar-refractivity contribution in [3.8, 4) is 0 Å². The minimum atomic E-state index is -4.31. The summed E-state index contributed by atoms with van der Waals surface area (Å²) in [6.45, 7) is 0.831. The van der Waals surface area contributed by atoms with Crippen LogP contribution in [0.2, 0.25) is 5.02 Å². The Hall–Kier alpha value is -0.740. The predicted octanol–water partition coefficient (Wildman–Crippen LogP) is 4.17. The van der Waals surface area contributed by atoms with Crippen molar-refractivity contribution < 1.29 is 13.2 Å². The lowest BCUT2D eigenvalue weighted by atomic mass is 9.96. The Labute approximate surface area is 103 Å². The lowest BCUT2D eigenvalue weighted by molar-refractivity contribution is -0.137. The van der Waals surface area contributed by atoms with E-state index >= 15 is 0 Å². The summed E-state index contributed by atoms with van der Waals surface area (Å²) in [6, 6.07) is 3.45. The summed E-state index contributed by atoms with van der Waals surface area (Å²) in [5, 5.41) is 3.60. The van der Waals surface area contributed by atoms with Crippen LogP contribution in [0.3, 0.4) is 0 Å². The van der Waals surface area contributed by atoms with Gasteiger partial charge >= 0.3 is 6.18 Å². The number of piperidine rings is 1. The Morgan fingerprint density at radius 2 is 2.00 bits per heavy atom. The lowest BCUT2D eigenvalue weighted by Gasteiger charge is -2.25. The molecular formula is C12H13ClF3N. The van der Waals surface area contributed by atoms with Gasteiger partial charge < -0.3 is 5.32 Å². The first kappa shape index (κ1) is 12.7. The van der Waals surface area contributed by atoms with Gasteiger partial charge in [0.25, 0.3) is 0 Å². The maximum atomic E-state index is 12.6. The quantitative estimate of drug-likeness (QED) is 0.802. The Bertz CT molecular complexity index is 397. The zero-order valence-electron chi connectivity index (χ0n) is 9.15. The van der Waals surface area contributed by atoms with Crippen LogP contribution in [0.4, 0.5) is 13.2 Å². The van der Waals surface area contributed by atoms with Crippen molar-refractivity contribution in [2.45, 2.75) is 31.5 Å². The zero-order valence-corrected chi connectivity index (χ0v) is 9.91. The van der Waals surface area contributed by atoms with Gasteiger partial charge in [0.2, 0.25) is 0 Å². The van der Waals surface area contributed by atoms with Crippen LogP contribution in [0.25, 0.3) is 0 Å². The van der Waals surface area contributed by atoms with Crippen LogP contribution >= 0.6 is 11.6 Å². The first-order valence-corrected chi connectivity index (χ1v) is 5.96. The number of nitrogens with one attached hydrogen (secondary N) is 1. The second-order valence-corrected chi connectivity index (χ2v) is 4.64. The molecular weight excluding hydrogens is 251 g/mol.